The largest absolute Gasteiger partial charge is 0.467 e. The molecule has 0 bridgehead atoms. The molecule has 0 saturated carbocycles. The zero-order valence-electron chi connectivity index (χ0n) is 11.7. The van der Waals surface area contributed by atoms with E-state index in [9.17, 15) is 0 Å². The molecule has 6 nitrogen and oxygen atoms in total. The van der Waals surface area contributed by atoms with Crippen molar-refractivity contribution in [2.45, 2.75) is 19.8 Å². The van der Waals surface area contributed by atoms with Crippen molar-refractivity contribution in [3.8, 4) is 6.01 Å². The van der Waals surface area contributed by atoms with Gasteiger partial charge >= 0.3 is 6.01 Å². The molecule has 0 fully saturated rings. The van der Waals surface area contributed by atoms with Gasteiger partial charge in [-0.05, 0) is 35.2 Å². The number of rotatable bonds is 8. The topological polar surface area (TPSA) is 72.0 Å². The van der Waals surface area contributed by atoms with E-state index < -0.39 is 0 Å². The summed E-state index contributed by atoms with van der Waals surface area (Å²) in [4.78, 5) is 12.7. The standard InChI is InChI=1S/C13H19N5OS/c1-3-6-14-11-16-12(18-13(17-11)19-2)15-7-4-10-5-8-20-9-10/h5,8-9H,3-4,6-7H2,1-2H3,(H2,14,15,16,17,18). The Labute approximate surface area is 122 Å². The summed E-state index contributed by atoms with van der Waals surface area (Å²) >= 11 is 1.70. The molecule has 2 rings (SSSR count). The molecule has 20 heavy (non-hydrogen) atoms. The van der Waals surface area contributed by atoms with E-state index in [-0.39, 0.29) is 0 Å². The van der Waals surface area contributed by atoms with Crippen LogP contribution in [-0.4, -0.2) is 35.2 Å². The van der Waals surface area contributed by atoms with Crippen LogP contribution in [0, 0.1) is 0 Å². The van der Waals surface area contributed by atoms with E-state index in [2.05, 4.69) is 49.3 Å². The minimum atomic E-state index is 0.316. The van der Waals surface area contributed by atoms with Crippen LogP contribution in [0.3, 0.4) is 0 Å². The molecule has 2 aromatic heterocycles. The molecular formula is C13H19N5OS. The third-order valence-corrected chi connectivity index (χ3v) is 3.34. The SMILES string of the molecule is CCCNc1nc(NCCc2ccsc2)nc(OC)n1. The van der Waals surface area contributed by atoms with Gasteiger partial charge < -0.3 is 15.4 Å². The number of aromatic nitrogens is 3. The Morgan fingerprint density at radius 2 is 1.90 bits per heavy atom. The maximum atomic E-state index is 5.09. The zero-order chi connectivity index (χ0) is 14.2. The van der Waals surface area contributed by atoms with Crippen LogP contribution >= 0.6 is 11.3 Å². The molecule has 2 heterocycles. The first-order chi connectivity index (χ1) is 9.81. The van der Waals surface area contributed by atoms with Crippen LogP contribution in [0.4, 0.5) is 11.9 Å². The molecule has 0 spiro atoms. The van der Waals surface area contributed by atoms with Gasteiger partial charge in [0.2, 0.25) is 11.9 Å². The van der Waals surface area contributed by atoms with Crippen molar-refractivity contribution in [3.05, 3.63) is 22.4 Å². The predicted molar refractivity (Wildman–Crippen MR) is 81.7 cm³/mol. The van der Waals surface area contributed by atoms with Crippen LogP contribution in [0.2, 0.25) is 0 Å². The molecule has 0 radical (unpaired) electrons. The lowest BCUT2D eigenvalue weighted by Gasteiger charge is -2.08. The van der Waals surface area contributed by atoms with Gasteiger partial charge in [0.1, 0.15) is 0 Å². The molecule has 0 atom stereocenters. The summed E-state index contributed by atoms with van der Waals surface area (Å²) in [6.45, 7) is 3.68. The second-order valence-corrected chi connectivity index (χ2v) is 4.98. The maximum Gasteiger partial charge on any atom is 0.322 e. The Morgan fingerprint density at radius 1 is 1.15 bits per heavy atom. The lowest BCUT2D eigenvalue weighted by molar-refractivity contribution is 0.379. The molecule has 7 heteroatoms. The average Bonchev–Trinajstić information content (AvgIpc) is 2.98. The highest BCUT2D eigenvalue weighted by atomic mass is 32.1. The number of nitrogens with one attached hydrogen (secondary N) is 2. The lowest BCUT2D eigenvalue weighted by Crippen LogP contribution is -2.12. The molecule has 0 saturated heterocycles. The number of thiophene rings is 1. The fourth-order valence-corrected chi connectivity index (χ4v) is 2.30. The molecule has 2 aromatic rings. The van der Waals surface area contributed by atoms with E-state index in [0.29, 0.717) is 17.9 Å². The number of hydrogen-bond acceptors (Lipinski definition) is 7. The van der Waals surface area contributed by atoms with Gasteiger partial charge in [0, 0.05) is 13.1 Å². The number of hydrogen-bond donors (Lipinski definition) is 2. The highest BCUT2D eigenvalue weighted by Gasteiger charge is 2.06. The number of methoxy groups -OCH3 is 1. The fraction of sp³-hybridized carbons (Fsp3) is 0.462. The van der Waals surface area contributed by atoms with Gasteiger partial charge in [-0.2, -0.15) is 26.3 Å². The maximum absolute atomic E-state index is 5.09. The Balaban J connectivity index is 1.94. The smallest absolute Gasteiger partial charge is 0.322 e. The monoisotopic (exact) mass is 293 g/mol. The van der Waals surface area contributed by atoms with Gasteiger partial charge in [0.25, 0.3) is 0 Å². The first-order valence-corrected chi connectivity index (χ1v) is 7.55. The zero-order valence-corrected chi connectivity index (χ0v) is 12.5. The van der Waals surface area contributed by atoms with E-state index >= 15 is 0 Å². The Kier molecular flexibility index (Phi) is 5.55. The van der Waals surface area contributed by atoms with E-state index in [1.165, 1.54) is 5.56 Å². The normalized spacial score (nSPS) is 10.3. The van der Waals surface area contributed by atoms with Gasteiger partial charge in [-0.25, -0.2) is 0 Å². The van der Waals surface area contributed by atoms with Crippen molar-refractivity contribution >= 4 is 23.2 Å². The first kappa shape index (κ1) is 14.5. The van der Waals surface area contributed by atoms with Gasteiger partial charge in [0.15, 0.2) is 0 Å². The number of ether oxygens (including phenoxy) is 1. The van der Waals surface area contributed by atoms with Gasteiger partial charge in [-0.1, -0.05) is 6.92 Å². The van der Waals surface area contributed by atoms with Crippen molar-refractivity contribution in [1.82, 2.24) is 15.0 Å². The molecule has 0 aliphatic carbocycles. The second-order valence-electron chi connectivity index (χ2n) is 4.20. The summed E-state index contributed by atoms with van der Waals surface area (Å²) < 4.78 is 5.09. The fourth-order valence-electron chi connectivity index (χ4n) is 1.60. The van der Waals surface area contributed by atoms with Crippen molar-refractivity contribution in [3.63, 3.8) is 0 Å². The minimum Gasteiger partial charge on any atom is -0.467 e. The van der Waals surface area contributed by atoms with E-state index in [4.69, 9.17) is 4.74 Å². The average molecular weight is 293 g/mol. The van der Waals surface area contributed by atoms with E-state index in [0.717, 1.165) is 25.9 Å². The highest BCUT2D eigenvalue weighted by molar-refractivity contribution is 7.07. The van der Waals surface area contributed by atoms with Crippen LogP contribution < -0.4 is 15.4 Å². The minimum absolute atomic E-state index is 0.316. The summed E-state index contributed by atoms with van der Waals surface area (Å²) in [7, 11) is 1.55. The van der Waals surface area contributed by atoms with Crippen molar-refractivity contribution in [1.29, 1.82) is 0 Å². The summed E-state index contributed by atoms with van der Waals surface area (Å²) in [6, 6.07) is 2.44. The van der Waals surface area contributed by atoms with Gasteiger partial charge in [-0.15, -0.1) is 0 Å². The van der Waals surface area contributed by atoms with Crippen molar-refractivity contribution in [2.75, 3.05) is 30.8 Å². The summed E-state index contributed by atoms with van der Waals surface area (Å²) in [5.74, 6) is 1.07. The lowest BCUT2D eigenvalue weighted by atomic mass is 10.2. The van der Waals surface area contributed by atoms with E-state index in [1.807, 2.05) is 0 Å². The van der Waals surface area contributed by atoms with Crippen LogP contribution in [-0.2, 0) is 6.42 Å². The molecular weight excluding hydrogens is 274 g/mol. The molecule has 108 valence electrons. The highest BCUT2D eigenvalue weighted by Crippen LogP contribution is 2.11. The molecule has 0 aliphatic rings. The predicted octanol–water partition coefficient (Wildman–Crippen LogP) is 2.42. The van der Waals surface area contributed by atoms with Crippen molar-refractivity contribution < 1.29 is 4.74 Å². The first-order valence-electron chi connectivity index (χ1n) is 6.60. The number of nitrogens with zero attached hydrogens (tertiary/aromatic N) is 3. The Morgan fingerprint density at radius 3 is 2.50 bits per heavy atom. The van der Waals surface area contributed by atoms with Crippen LogP contribution in [0.25, 0.3) is 0 Å². The van der Waals surface area contributed by atoms with Crippen LogP contribution in [0.15, 0.2) is 16.8 Å². The molecule has 0 unspecified atom stereocenters. The molecule has 2 N–H and O–H groups in total. The van der Waals surface area contributed by atoms with Gasteiger partial charge in [-0.3, -0.25) is 0 Å². The Bertz CT molecular complexity index is 517. The molecule has 0 aliphatic heterocycles. The van der Waals surface area contributed by atoms with Crippen LogP contribution in [0.5, 0.6) is 6.01 Å². The Hall–Kier alpha value is -1.89. The van der Waals surface area contributed by atoms with Crippen LogP contribution in [0.1, 0.15) is 18.9 Å². The third kappa shape index (κ3) is 4.34. The summed E-state index contributed by atoms with van der Waals surface area (Å²) in [6.07, 6.45) is 1.95. The van der Waals surface area contributed by atoms with Crippen molar-refractivity contribution in [2.24, 2.45) is 0 Å². The summed E-state index contributed by atoms with van der Waals surface area (Å²) in [5.41, 5.74) is 1.31. The molecule has 0 aromatic carbocycles. The quantitative estimate of drug-likeness (QED) is 0.779. The van der Waals surface area contributed by atoms with Gasteiger partial charge in [0.05, 0.1) is 7.11 Å². The second kappa shape index (κ2) is 7.64. The number of anilines is 2. The molecule has 0 amide bonds. The van der Waals surface area contributed by atoms with E-state index in [1.54, 1.807) is 18.4 Å². The third-order valence-electron chi connectivity index (χ3n) is 2.61. The summed E-state index contributed by atoms with van der Waals surface area (Å²) in [5, 5.41) is 10.5.